The molecule has 0 radical (unpaired) electrons. The molecule has 0 aliphatic carbocycles. The molecule has 19 heavy (non-hydrogen) atoms. The second kappa shape index (κ2) is 10.2. The first-order chi connectivity index (χ1) is 9.22. The number of carbonyl (C=O) groups is 1. The Morgan fingerprint density at radius 1 is 1.21 bits per heavy atom. The lowest BCUT2D eigenvalue weighted by Gasteiger charge is -2.03. The van der Waals surface area contributed by atoms with E-state index >= 15 is 0 Å². The van der Waals surface area contributed by atoms with E-state index in [1.807, 2.05) is 30.8 Å². The molecule has 0 atom stereocenters. The highest BCUT2D eigenvalue weighted by atomic mass is 35.5. The fourth-order valence-corrected chi connectivity index (χ4v) is 2.76. The van der Waals surface area contributed by atoms with Crippen molar-refractivity contribution in [3.63, 3.8) is 0 Å². The number of hydrogen-bond acceptors (Lipinski definition) is 3. The molecule has 1 aromatic rings. The summed E-state index contributed by atoms with van der Waals surface area (Å²) in [6, 6.07) is 7.99. The van der Waals surface area contributed by atoms with Crippen molar-refractivity contribution < 1.29 is 9.53 Å². The smallest absolute Gasteiger partial charge is 0.305 e. The molecule has 0 aliphatic heterocycles. The van der Waals surface area contributed by atoms with Crippen molar-refractivity contribution in [1.29, 1.82) is 0 Å². The van der Waals surface area contributed by atoms with Crippen LogP contribution >= 0.6 is 23.4 Å². The van der Waals surface area contributed by atoms with E-state index in [1.165, 1.54) is 5.56 Å². The van der Waals surface area contributed by atoms with Crippen LogP contribution in [0.5, 0.6) is 0 Å². The van der Waals surface area contributed by atoms with E-state index in [9.17, 15) is 4.79 Å². The molecule has 0 N–H and O–H groups in total. The highest BCUT2D eigenvalue weighted by molar-refractivity contribution is 7.98. The summed E-state index contributed by atoms with van der Waals surface area (Å²) in [5.74, 6) is 2.08. The van der Waals surface area contributed by atoms with Crippen LogP contribution < -0.4 is 0 Å². The molecule has 2 nitrogen and oxygen atoms in total. The molecule has 106 valence electrons. The molecule has 0 aromatic heterocycles. The van der Waals surface area contributed by atoms with Gasteiger partial charge in [-0.25, -0.2) is 0 Å². The molecule has 0 fully saturated rings. The van der Waals surface area contributed by atoms with Gasteiger partial charge in [-0.3, -0.25) is 4.79 Å². The second-order valence-electron chi connectivity index (χ2n) is 4.29. The molecule has 0 spiro atoms. The summed E-state index contributed by atoms with van der Waals surface area (Å²) in [4.78, 5) is 11.1. The van der Waals surface area contributed by atoms with E-state index in [2.05, 4.69) is 12.1 Å². The Balaban J connectivity index is 1.96. The molecule has 0 bridgehead atoms. The van der Waals surface area contributed by atoms with Crippen LogP contribution in [0, 0.1) is 0 Å². The number of hydrogen-bond donors (Lipinski definition) is 0. The zero-order valence-corrected chi connectivity index (χ0v) is 12.9. The van der Waals surface area contributed by atoms with Gasteiger partial charge in [-0.15, -0.1) is 0 Å². The highest BCUT2D eigenvalue weighted by Crippen LogP contribution is 2.17. The molecule has 0 aliphatic rings. The number of ether oxygens (including phenoxy) is 1. The number of esters is 1. The number of halogens is 1. The van der Waals surface area contributed by atoms with Crippen LogP contribution in [0.1, 0.15) is 38.2 Å². The maximum absolute atomic E-state index is 11.1. The zero-order chi connectivity index (χ0) is 13.9. The summed E-state index contributed by atoms with van der Waals surface area (Å²) in [7, 11) is 0. The third-order valence-corrected chi connectivity index (χ3v) is 4.02. The molecule has 0 heterocycles. The van der Waals surface area contributed by atoms with Crippen LogP contribution in [0.3, 0.4) is 0 Å². The fraction of sp³-hybridized carbons (Fsp3) is 0.533. The summed E-state index contributed by atoms with van der Waals surface area (Å²) < 4.78 is 4.88. The van der Waals surface area contributed by atoms with Crippen molar-refractivity contribution >= 4 is 29.3 Å². The Kier molecular flexibility index (Phi) is 8.76. The summed E-state index contributed by atoms with van der Waals surface area (Å²) >= 11 is 7.76. The Morgan fingerprint density at radius 3 is 2.63 bits per heavy atom. The van der Waals surface area contributed by atoms with E-state index < -0.39 is 0 Å². The molecule has 0 unspecified atom stereocenters. The Bertz CT molecular complexity index is 365. The van der Waals surface area contributed by atoms with Crippen LogP contribution in [0.4, 0.5) is 0 Å². The summed E-state index contributed by atoms with van der Waals surface area (Å²) in [6.45, 7) is 2.32. The lowest BCUT2D eigenvalue weighted by molar-refractivity contribution is -0.143. The molecule has 1 rings (SSSR count). The van der Waals surface area contributed by atoms with E-state index in [4.69, 9.17) is 16.3 Å². The quantitative estimate of drug-likeness (QED) is 0.488. The number of thioether (sulfide) groups is 1. The SMILES string of the molecule is CCOC(=O)CCCCCSCc1ccc(Cl)cc1. The molecule has 0 saturated heterocycles. The molecule has 4 heteroatoms. The number of carbonyl (C=O) groups excluding carboxylic acids is 1. The van der Waals surface area contributed by atoms with Crippen LogP contribution in [0.15, 0.2) is 24.3 Å². The van der Waals surface area contributed by atoms with Crippen LogP contribution in [-0.4, -0.2) is 18.3 Å². The average molecular weight is 301 g/mol. The maximum Gasteiger partial charge on any atom is 0.305 e. The standard InChI is InChI=1S/C15H21ClO2S/c1-2-18-15(17)6-4-3-5-11-19-12-13-7-9-14(16)10-8-13/h7-10H,2-6,11-12H2,1H3. The van der Waals surface area contributed by atoms with Crippen molar-refractivity contribution in [1.82, 2.24) is 0 Å². The first-order valence-corrected chi connectivity index (χ1v) is 8.23. The monoisotopic (exact) mass is 300 g/mol. The Hall–Kier alpha value is -0.670. The van der Waals surface area contributed by atoms with Gasteiger partial charge in [0.15, 0.2) is 0 Å². The van der Waals surface area contributed by atoms with Crippen molar-refractivity contribution in [2.75, 3.05) is 12.4 Å². The Morgan fingerprint density at radius 2 is 1.95 bits per heavy atom. The third kappa shape index (κ3) is 8.17. The molecular formula is C15H21ClO2S. The fourth-order valence-electron chi connectivity index (χ4n) is 1.65. The topological polar surface area (TPSA) is 26.3 Å². The first kappa shape index (κ1) is 16.4. The predicted octanol–water partition coefficient (Wildman–Crippen LogP) is 4.70. The van der Waals surface area contributed by atoms with Gasteiger partial charge in [-0.05, 0) is 43.2 Å². The highest BCUT2D eigenvalue weighted by Gasteiger charge is 2.00. The van der Waals surface area contributed by atoms with Crippen molar-refractivity contribution in [3.8, 4) is 0 Å². The normalized spacial score (nSPS) is 10.4. The minimum atomic E-state index is -0.0729. The van der Waals surface area contributed by atoms with Gasteiger partial charge in [-0.1, -0.05) is 30.2 Å². The summed E-state index contributed by atoms with van der Waals surface area (Å²) in [6.07, 6.45) is 3.72. The van der Waals surface area contributed by atoms with Gasteiger partial charge in [0.05, 0.1) is 6.61 Å². The van der Waals surface area contributed by atoms with E-state index in [0.717, 1.165) is 35.8 Å². The van der Waals surface area contributed by atoms with E-state index in [-0.39, 0.29) is 5.97 Å². The summed E-state index contributed by atoms with van der Waals surface area (Å²) in [5.41, 5.74) is 1.31. The third-order valence-electron chi connectivity index (χ3n) is 2.66. The number of rotatable bonds is 9. The average Bonchev–Trinajstić information content (AvgIpc) is 2.40. The predicted molar refractivity (Wildman–Crippen MR) is 82.7 cm³/mol. The largest absolute Gasteiger partial charge is 0.466 e. The molecule has 0 amide bonds. The lowest BCUT2D eigenvalue weighted by atomic mass is 10.2. The van der Waals surface area contributed by atoms with Gasteiger partial charge >= 0.3 is 5.97 Å². The minimum Gasteiger partial charge on any atom is -0.466 e. The van der Waals surface area contributed by atoms with Crippen molar-refractivity contribution in [3.05, 3.63) is 34.9 Å². The first-order valence-electron chi connectivity index (χ1n) is 6.70. The maximum atomic E-state index is 11.1. The van der Waals surface area contributed by atoms with Gasteiger partial charge in [0.25, 0.3) is 0 Å². The van der Waals surface area contributed by atoms with E-state index in [1.54, 1.807) is 0 Å². The lowest BCUT2D eigenvalue weighted by Crippen LogP contribution is -2.03. The van der Waals surface area contributed by atoms with Gasteiger partial charge in [-0.2, -0.15) is 11.8 Å². The zero-order valence-electron chi connectivity index (χ0n) is 11.4. The van der Waals surface area contributed by atoms with Gasteiger partial charge in [0.2, 0.25) is 0 Å². The minimum absolute atomic E-state index is 0.0729. The van der Waals surface area contributed by atoms with E-state index in [0.29, 0.717) is 13.0 Å². The number of benzene rings is 1. The second-order valence-corrected chi connectivity index (χ2v) is 5.84. The van der Waals surface area contributed by atoms with Crippen molar-refractivity contribution in [2.24, 2.45) is 0 Å². The molecule has 0 saturated carbocycles. The van der Waals surface area contributed by atoms with Crippen molar-refractivity contribution in [2.45, 2.75) is 38.4 Å². The van der Waals surface area contributed by atoms with Gasteiger partial charge < -0.3 is 4.74 Å². The van der Waals surface area contributed by atoms with Crippen LogP contribution in [0.25, 0.3) is 0 Å². The Labute approximate surface area is 124 Å². The van der Waals surface area contributed by atoms with Crippen LogP contribution in [-0.2, 0) is 15.3 Å². The number of unbranched alkanes of at least 4 members (excludes halogenated alkanes) is 2. The van der Waals surface area contributed by atoms with Gasteiger partial charge in [0.1, 0.15) is 0 Å². The van der Waals surface area contributed by atoms with Gasteiger partial charge in [0, 0.05) is 17.2 Å². The summed E-state index contributed by atoms with van der Waals surface area (Å²) in [5, 5.41) is 0.785. The molecule has 1 aromatic carbocycles. The van der Waals surface area contributed by atoms with Crippen LogP contribution in [0.2, 0.25) is 5.02 Å². The molecular weight excluding hydrogens is 280 g/mol.